The SMILES string of the molecule is O=C(NCc1ccccc1)c1csc(-n2ccc(O)cc2=O)c1. The molecule has 116 valence electrons. The van der Waals surface area contributed by atoms with E-state index >= 15 is 0 Å². The molecule has 0 aliphatic heterocycles. The van der Waals surface area contributed by atoms with Crippen molar-refractivity contribution in [2.24, 2.45) is 0 Å². The zero-order chi connectivity index (χ0) is 16.2. The van der Waals surface area contributed by atoms with Gasteiger partial charge in [-0.25, -0.2) is 0 Å². The highest BCUT2D eigenvalue weighted by Crippen LogP contribution is 2.19. The fourth-order valence-electron chi connectivity index (χ4n) is 2.10. The highest BCUT2D eigenvalue weighted by atomic mass is 32.1. The molecular weight excluding hydrogens is 312 g/mol. The molecule has 5 nitrogen and oxygen atoms in total. The number of aromatic hydroxyl groups is 1. The first-order valence-corrected chi connectivity index (χ1v) is 7.84. The molecule has 6 heteroatoms. The summed E-state index contributed by atoms with van der Waals surface area (Å²) in [4.78, 5) is 24.0. The second kappa shape index (κ2) is 6.50. The summed E-state index contributed by atoms with van der Waals surface area (Å²) in [7, 11) is 0. The molecule has 1 aromatic carbocycles. The number of hydrogen-bond donors (Lipinski definition) is 2. The van der Waals surface area contributed by atoms with Crippen LogP contribution in [0.2, 0.25) is 0 Å². The predicted octanol–water partition coefficient (Wildman–Crippen LogP) is 2.53. The van der Waals surface area contributed by atoms with Gasteiger partial charge in [0.15, 0.2) is 0 Å². The molecule has 2 aromatic heterocycles. The van der Waals surface area contributed by atoms with Crippen LogP contribution in [-0.4, -0.2) is 15.6 Å². The van der Waals surface area contributed by atoms with Gasteiger partial charge in [0.25, 0.3) is 11.5 Å². The van der Waals surface area contributed by atoms with Gasteiger partial charge in [-0.15, -0.1) is 11.3 Å². The van der Waals surface area contributed by atoms with Crippen molar-refractivity contribution >= 4 is 17.2 Å². The molecule has 3 rings (SSSR count). The van der Waals surface area contributed by atoms with E-state index in [1.54, 1.807) is 11.4 Å². The molecule has 0 unspecified atom stereocenters. The average molecular weight is 326 g/mol. The number of carbonyl (C=O) groups excluding carboxylic acids is 1. The molecule has 0 aliphatic carbocycles. The van der Waals surface area contributed by atoms with Crippen LogP contribution in [-0.2, 0) is 6.54 Å². The molecule has 3 aromatic rings. The highest BCUT2D eigenvalue weighted by Gasteiger charge is 2.10. The Kier molecular flexibility index (Phi) is 4.25. The molecule has 1 amide bonds. The van der Waals surface area contributed by atoms with Crippen molar-refractivity contribution in [1.82, 2.24) is 9.88 Å². The molecule has 2 heterocycles. The van der Waals surface area contributed by atoms with Crippen molar-refractivity contribution < 1.29 is 9.90 Å². The van der Waals surface area contributed by atoms with Crippen molar-refractivity contribution in [2.75, 3.05) is 0 Å². The molecule has 0 atom stereocenters. The quantitative estimate of drug-likeness (QED) is 0.774. The molecule has 0 saturated heterocycles. The smallest absolute Gasteiger partial charge is 0.259 e. The predicted molar refractivity (Wildman–Crippen MR) is 89.2 cm³/mol. The number of hydrogen-bond acceptors (Lipinski definition) is 4. The van der Waals surface area contributed by atoms with Gasteiger partial charge in [-0.1, -0.05) is 30.3 Å². The molecule has 23 heavy (non-hydrogen) atoms. The number of pyridine rings is 1. The Balaban J connectivity index is 1.73. The van der Waals surface area contributed by atoms with Gasteiger partial charge < -0.3 is 10.4 Å². The van der Waals surface area contributed by atoms with Gasteiger partial charge in [0.05, 0.1) is 5.56 Å². The number of benzene rings is 1. The molecule has 0 saturated carbocycles. The van der Waals surface area contributed by atoms with E-state index in [-0.39, 0.29) is 17.2 Å². The Morgan fingerprint density at radius 2 is 1.96 bits per heavy atom. The Labute approximate surface area is 136 Å². The van der Waals surface area contributed by atoms with Crippen LogP contribution in [0, 0.1) is 0 Å². The summed E-state index contributed by atoms with van der Waals surface area (Å²) in [6.07, 6.45) is 1.48. The summed E-state index contributed by atoms with van der Waals surface area (Å²) in [5.74, 6) is -0.271. The molecule has 0 spiro atoms. The summed E-state index contributed by atoms with van der Waals surface area (Å²) in [5.41, 5.74) is 1.18. The van der Waals surface area contributed by atoms with E-state index in [2.05, 4.69) is 5.32 Å². The minimum atomic E-state index is -0.344. The minimum Gasteiger partial charge on any atom is -0.508 e. The highest BCUT2D eigenvalue weighted by molar-refractivity contribution is 7.12. The summed E-state index contributed by atoms with van der Waals surface area (Å²) >= 11 is 1.29. The van der Waals surface area contributed by atoms with Crippen LogP contribution < -0.4 is 10.9 Å². The van der Waals surface area contributed by atoms with E-state index in [0.29, 0.717) is 17.1 Å². The van der Waals surface area contributed by atoms with Gasteiger partial charge in [-0.2, -0.15) is 0 Å². The maximum atomic E-state index is 12.2. The van der Waals surface area contributed by atoms with Crippen LogP contribution in [0.4, 0.5) is 0 Å². The van der Waals surface area contributed by atoms with Crippen LogP contribution in [0.25, 0.3) is 5.00 Å². The topological polar surface area (TPSA) is 71.3 Å². The van der Waals surface area contributed by atoms with E-state index in [1.807, 2.05) is 30.3 Å². The van der Waals surface area contributed by atoms with Gasteiger partial charge in [0, 0.05) is 24.2 Å². The first-order chi connectivity index (χ1) is 11.1. The van der Waals surface area contributed by atoms with Gasteiger partial charge >= 0.3 is 0 Å². The lowest BCUT2D eigenvalue weighted by Crippen LogP contribution is -2.22. The van der Waals surface area contributed by atoms with Crippen LogP contribution in [0.5, 0.6) is 5.75 Å². The fraction of sp³-hybridized carbons (Fsp3) is 0.0588. The third-order valence-electron chi connectivity index (χ3n) is 3.28. The number of nitrogens with zero attached hydrogens (tertiary/aromatic N) is 1. The fourth-order valence-corrected chi connectivity index (χ4v) is 2.98. The summed E-state index contributed by atoms with van der Waals surface area (Å²) in [6, 6.07) is 13.9. The van der Waals surface area contributed by atoms with Crippen molar-refractivity contribution in [2.45, 2.75) is 6.54 Å². The first-order valence-electron chi connectivity index (χ1n) is 6.96. The zero-order valence-electron chi connectivity index (χ0n) is 12.1. The number of carbonyl (C=O) groups is 1. The van der Waals surface area contributed by atoms with Gasteiger partial charge in [0.1, 0.15) is 10.8 Å². The summed E-state index contributed by atoms with van der Waals surface area (Å²) in [6.45, 7) is 0.448. The van der Waals surface area contributed by atoms with Gasteiger partial charge in [-0.3, -0.25) is 14.2 Å². The van der Waals surface area contributed by atoms with E-state index in [4.69, 9.17) is 0 Å². The third kappa shape index (κ3) is 3.49. The Bertz CT molecular complexity index is 884. The molecule has 0 bridgehead atoms. The lowest BCUT2D eigenvalue weighted by molar-refractivity contribution is 0.0951. The lowest BCUT2D eigenvalue weighted by atomic mass is 10.2. The Morgan fingerprint density at radius 1 is 1.17 bits per heavy atom. The lowest BCUT2D eigenvalue weighted by Gasteiger charge is -2.04. The second-order valence-electron chi connectivity index (χ2n) is 4.94. The number of aromatic nitrogens is 1. The largest absolute Gasteiger partial charge is 0.508 e. The maximum absolute atomic E-state index is 12.2. The standard InChI is InChI=1S/C17H14N2O3S/c20-14-6-7-19(15(21)9-14)16-8-13(11-23-16)17(22)18-10-12-4-2-1-3-5-12/h1-9,11,20H,10H2,(H,18,22). The van der Waals surface area contributed by atoms with Crippen molar-refractivity contribution in [3.63, 3.8) is 0 Å². The second-order valence-corrected chi connectivity index (χ2v) is 5.82. The van der Waals surface area contributed by atoms with Crippen LogP contribution in [0.15, 0.2) is 64.9 Å². The molecular formula is C17H14N2O3S. The maximum Gasteiger partial charge on any atom is 0.259 e. The number of thiophene rings is 1. The average Bonchev–Trinajstić information content (AvgIpc) is 3.03. The zero-order valence-corrected chi connectivity index (χ0v) is 12.9. The van der Waals surface area contributed by atoms with Gasteiger partial charge in [-0.05, 0) is 17.7 Å². The molecule has 0 fully saturated rings. The third-order valence-corrected chi connectivity index (χ3v) is 4.21. The normalized spacial score (nSPS) is 10.4. The van der Waals surface area contributed by atoms with E-state index < -0.39 is 0 Å². The van der Waals surface area contributed by atoms with Crippen LogP contribution >= 0.6 is 11.3 Å². The number of amides is 1. The van der Waals surface area contributed by atoms with Crippen LogP contribution in [0.1, 0.15) is 15.9 Å². The number of rotatable bonds is 4. The first kappa shape index (κ1) is 15.1. The van der Waals surface area contributed by atoms with E-state index in [1.165, 1.54) is 28.2 Å². The monoisotopic (exact) mass is 326 g/mol. The van der Waals surface area contributed by atoms with E-state index in [0.717, 1.165) is 11.6 Å². The van der Waals surface area contributed by atoms with E-state index in [9.17, 15) is 14.7 Å². The summed E-state index contributed by atoms with van der Waals surface area (Å²) in [5, 5.41) is 14.5. The molecule has 0 aliphatic rings. The summed E-state index contributed by atoms with van der Waals surface area (Å²) < 4.78 is 1.39. The molecule has 0 radical (unpaired) electrons. The minimum absolute atomic E-state index is 0.0800. The molecule has 2 N–H and O–H groups in total. The Hall–Kier alpha value is -2.86. The van der Waals surface area contributed by atoms with Crippen molar-refractivity contribution in [3.8, 4) is 10.8 Å². The van der Waals surface area contributed by atoms with Crippen LogP contribution in [0.3, 0.4) is 0 Å². The Morgan fingerprint density at radius 3 is 2.70 bits per heavy atom. The van der Waals surface area contributed by atoms with Crippen molar-refractivity contribution in [1.29, 1.82) is 0 Å². The van der Waals surface area contributed by atoms with Gasteiger partial charge in [0.2, 0.25) is 0 Å². The number of nitrogens with one attached hydrogen (secondary N) is 1. The van der Waals surface area contributed by atoms with Crippen molar-refractivity contribution in [3.05, 3.63) is 81.6 Å².